The van der Waals surface area contributed by atoms with Gasteiger partial charge in [-0.3, -0.25) is 4.98 Å². The first-order valence-electron chi connectivity index (χ1n) is 5.00. The predicted molar refractivity (Wildman–Crippen MR) is 64.2 cm³/mol. The van der Waals surface area contributed by atoms with E-state index in [1.54, 1.807) is 0 Å². The molecule has 0 saturated heterocycles. The zero-order valence-corrected chi connectivity index (χ0v) is 8.72. The Morgan fingerprint density at radius 2 is 1.67 bits per heavy atom. The van der Waals surface area contributed by atoms with Crippen LogP contribution in [0.3, 0.4) is 0 Å². The van der Waals surface area contributed by atoms with Gasteiger partial charge in [-0.25, -0.2) is 0 Å². The van der Waals surface area contributed by atoms with Crippen LogP contribution in [-0.2, 0) is 0 Å². The van der Waals surface area contributed by atoms with Crippen molar-refractivity contribution in [3.63, 3.8) is 0 Å². The maximum Gasteiger partial charge on any atom is 0.0273 e. The first-order chi connectivity index (χ1) is 7.36. The highest BCUT2D eigenvalue weighted by atomic mass is 14.6. The van der Waals surface area contributed by atoms with E-state index < -0.39 is 0 Å². The van der Waals surface area contributed by atoms with Gasteiger partial charge in [-0.1, -0.05) is 36.4 Å². The molecule has 0 aliphatic carbocycles. The highest BCUT2D eigenvalue weighted by Gasteiger charge is 1.93. The Bertz CT molecular complexity index is 443. The molecule has 0 amide bonds. The molecule has 0 spiro atoms. The van der Waals surface area contributed by atoms with Crippen molar-refractivity contribution in [2.45, 2.75) is 6.92 Å². The molecule has 15 heavy (non-hydrogen) atoms. The maximum atomic E-state index is 4.00. The monoisotopic (exact) mass is 195 g/mol. The number of hydrogen-bond acceptors (Lipinski definition) is 1. The maximum absolute atomic E-state index is 4.00. The lowest BCUT2D eigenvalue weighted by molar-refractivity contribution is 1.32. The molecule has 0 atom stereocenters. The summed E-state index contributed by atoms with van der Waals surface area (Å²) in [5, 5.41) is 0. The van der Waals surface area contributed by atoms with Crippen LogP contribution >= 0.6 is 0 Å². The summed E-state index contributed by atoms with van der Waals surface area (Å²) in [6.45, 7) is 2.12. The van der Waals surface area contributed by atoms with Gasteiger partial charge in [0.15, 0.2) is 0 Å². The van der Waals surface area contributed by atoms with Gasteiger partial charge >= 0.3 is 0 Å². The molecule has 0 bridgehead atoms. The smallest absolute Gasteiger partial charge is 0.0273 e. The molecule has 74 valence electrons. The van der Waals surface area contributed by atoms with Gasteiger partial charge in [0, 0.05) is 12.4 Å². The Labute approximate surface area is 90.1 Å². The van der Waals surface area contributed by atoms with E-state index in [4.69, 9.17) is 0 Å². The molecule has 0 aliphatic rings. The van der Waals surface area contributed by atoms with E-state index in [-0.39, 0.29) is 0 Å². The van der Waals surface area contributed by atoms with Crippen LogP contribution in [0, 0.1) is 0 Å². The summed E-state index contributed by atoms with van der Waals surface area (Å²) < 4.78 is 0. The summed E-state index contributed by atoms with van der Waals surface area (Å²) in [5.41, 5.74) is 3.71. The second-order valence-corrected chi connectivity index (χ2v) is 3.47. The molecule has 1 nitrogen and oxygen atoms in total. The number of aromatic nitrogens is 1. The second kappa shape index (κ2) is 4.56. The predicted octanol–water partition coefficient (Wildman–Crippen LogP) is 3.64. The topological polar surface area (TPSA) is 12.9 Å². The molecule has 0 N–H and O–H groups in total. The van der Waals surface area contributed by atoms with E-state index in [0.717, 1.165) is 0 Å². The minimum absolute atomic E-state index is 1.19. The number of hydrogen-bond donors (Lipinski definition) is 0. The van der Waals surface area contributed by atoms with Crippen molar-refractivity contribution in [1.29, 1.82) is 0 Å². The molecule has 1 heterocycles. The minimum atomic E-state index is 1.19. The van der Waals surface area contributed by atoms with Crippen LogP contribution in [0.5, 0.6) is 0 Å². The van der Waals surface area contributed by atoms with Gasteiger partial charge in [0.2, 0.25) is 0 Å². The summed E-state index contributed by atoms with van der Waals surface area (Å²) in [4.78, 5) is 4.00. The highest BCUT2D eigenvalue weighted by molar-refractivity contribution is 5.79. The van der Waals surface area contributed by atoms with Crippen LogP contribution in [0.1, 0.15) is 18.1 Å². The Hall–Kier alpha value is -1.89. The van der Waals surface area contributed by atoms with Crippen molar-refractivity contribution >= 4 is 11.6 Å². The first kappa shape index (κ1) is 9.66. The summed E-state index contributed by atoms with van der Waals surface area (Å²) in [5.74, 6) is 0. The fraction of sp³-hybridized carbons (Fsp3) is 0.0714. The Morgan fingerprint density at radius 1 is 1.00 bits per heavy atom. The third-order valence-electron chi connectivity index (χ3n) is 2.32. The van der Waals surface area contributed by atoms with E-state index >= 15 is 0 Å². The molecule has 2 rings (SSSR count). The number of nitrogens with zero attached hydrogens (tertiary/aromatic N) is 1. The second-order valence-electron chi connectivity index (χ2n) is 3.47. The van der Waals surface area contributed by atoms with E-state index in [1.165, 1.54) is 16.7 Å². The van der Waals surface area contributed by atoms with Crippen molar-refractivity contribution in [3.8, 4) is 0 Å². The van der Waals surface area contributed by atoms with Crippen LogP contribution in [0.25, 0.3) is 11.6 Å². The van der Waals surface area contributed by atoms with Gasteiger partial charge in [0.1, 0.15) is 0 Å². The first-order valence-corrected chi connectivity index (χ1v) is 5.00. The molecule has 0 unspecified atom stereocenters. The lowest BCUT2D eigenvalue weighted by Gasteiger charge is -2.00. The molecule has 1 aromatic heterocycles. The molecule has 1 heteroatoms. The van der Waals surface area contributed by atoms with Crippen LogP contribution in [0.2, 0.25) is 0 Å². The van der Waals surface area contributed by atoms with Crippen LogP contribution in [-0.4, -0.2) is 4.98 Å². The highest BCUT2D eigenvalue weighted by Crippen LogP contribution is 2.16. The molecule has 0 saturated carbocycles. The number of rotatable bonds is 2. The fourth-order valence-corrected chi connectivity index (χ4v) is 1.49. The summed E-state index contributed by atoms with van der Waals surface area (Å²) >= 11 is 0. The van der Waals surface area contributed by atoms with Crippen molar-refractivity contribution in [2.24, 2.45) is 0 Å². The molecule has 2 aromatic rings. The van der Waals surface area contributed by atoms with E-state index in [1.807, 2.05) is 30.6 Å². The Kier molecular flexibility index (Phi) is 2.93. The van der Waals surface area contributed by atoms with Gasteiger partial charge in [0.05, 0.1) is 0 Å². The summed E-state index contributed by atoms with van der Waals surface area (Å²) in [6.07, 6.45) is 5.78. The average molecular weight is 195 g/mol. The number of allylic oxidation sites excluding steroid dienone is 1. The Morgan fingerprint density at radius 3 is 2.33 bits per heavy atom. The molecule has 0 fully saturated rings. The number of pyridine rings is 1. The fourth-order valence-electron chi connectivity index (χ4n) is 1.49. The summed E-state index contributed by atoms with van der Waals surface area (Å²) in [6, 6.07) is 14.4. The lowest BCUT2D eigenvalue weighted by Crippen LogP contribution is -1.79. The van der Waals surface area contributed by atoms with E-state index in [2.05, 4.69) is 42.2 Å². The van der Waals surface area contributed by atoms with Gasteiger partial charge < -0.3 is 0 Å². The molecular formula is C14H13N. The zero-order chi connectivity index (χ0) is 10.5. The van der Waals surface area contributed by atoms with Crippen LogP contribution in [0.4, 0.5) is 0 Å². The molecular weight excluding hydrogens is 182 g/mol. The van der Waals surface area contributed by atoms with Crippen molar-refractivity contribution < 1.29 is 0 Å². The van der Waals surface area contributed by atoms with Gasteiger partial charge in [-0.05, 0) is 35.8 Å². The van der Waals surface area contributed by atoms with Gasteiger partial charge in [0.25, 0.3) is 0 Å². The molecule has 1 aromatic carbocycles. The number of benzene rings is 1. The quantitative estimate of drug-likeness (QED) is 0.712. The largest absolute Gasteiger partial charge is 0.265 e. The minimum Gasteiger partial charge on any atom is -0.265 e. The third-order valence-corrected chi connectivity index (χ3v) is 2.32. The van der Waals surface area contributed by atoms with Gasteiger partial charge in [-0.2, -0.15) is 0 Å². The zero-order valence-electron chi connectivity index (χ0n) is 8.72. The van der Waals surface area contributed by atoms with Crippen molar-refractivity contribution in [3.05, 3.63) is 66.0 Å². The summed E-state index contributed by atoms with van der Waals surface area (Å²) in [7, 11) is 0. The van der Waals surface area contributed by atoms with Crippen molar-refractivity contribution in [1.82, 2.24) is 4.98 Å². The molecule has 0 aliphatic heterocycles. The van der Waals surface area contributed by atoms with E-state index in [9.17, 15) is 0 Å². The molecule has 0 radical (unpaired) electrons. The SMILES string of the molecule is C/C(=C/c1ccncc1)c1ccccc1. The lowest BCUT2D eigenvalue weighted by atomic mass is 10.1. The van der Waals surface area contributed by atoms with Crippen LogP contribution < -0.4 is 0 Å². The Balaban J connectivity index is 2.29. The average Bonchev–Trinajstić information content (AvgIpc) is 2.31. The van der Waals surface area contributed by atoms with Crippen LogP contribution in [0.15, 0.2) is 54.9 Å². The standard InChI is InChI=1S/C14H13N/c1-12(14-5-3-2-4-6-14)11-13-7-9-15-10-8-13/h2-11H,1H3/b12-11-. The third kappa shape index (κ3) is 2.53. The van der Waals surface area contributed by atoms with Gasteiger partial charge in [-0.15, -0.1) is 0 Å². The normalized spacial score (nSPS) is 11.4. The van der Waals surface area contributed by atoms with Crippen molar-refractivity contribution in [2.75, 3.05) is 0 Å². The van der Waals surface area contributed by atoms with E-state index in [0.29, 0.717) is 0 Å².